The molecule has 0 radical (unpaired) electrons. The predicted octanol–water partition coefficient (Wildman–Crippen LogP) is 4.51. The van der Waals surface area contributed by atoms with Crippen LogP contribution in [0.25, 0.3) is 0 Å². The van der Waals surface area contributed by atoms with E-state index in [9.17, 15) is 26.3 Å². The van der Waals surface area contributed by atoms with Crippen LogP contribution in [0.1, 0.15) is 12.0 Å². The first-order valence-electron chi connectivity index (χ1n) is 5.59. The Morgan fingerprint density at radius 3 is 2.00 bits per heavy atom. The predicted molar refractivity (Wildman–Crippen MR) is 65.4 cm³/mol. The molecular weight excluding hydrogens is 298 g/mol. The van der Waals surface area contributed by atoms with Gasteiger partial charge in [-0.1, -0.05) is 0 Å². The third-order valence-corrected chi connectivity index (χ3v) is 2.68. The zero-order valence-electron chi connectivity index (χ0n) is 10.2. The minimum absolute atomic E-state index is 0.00205. The van der Waals surface area contributed by atoms with E-state index in [0.29, 0.717) is 0 Å². The molecule has 2 rings (SSSR count). The highest BCUT2D eigenvalue weighted by molar-refractivity contribution is 5.67. The van der Waals surface area contributed by atoms with Gasteiger partial charge in [0.15, 0.2) is 23.3 Å². The number of alkyl halides is 2. The fourth-order valence-electron chi connectivity index (χ4n) is 1.69. The van der Waals surface area contributed by atoms with E-state index in [4.69, 9.17) is 5.73 Å². The standard InChI is InChI=1S/C13H8F6N2/c14-7-4-8(15)11(17)12(10(7)16)21-9-2-1-5(20)3-6(9)13(18)19/h1-4,13,21H,20H2. The van der Waals surface area contributed by atoms with Crippen molar-refractivity contribution < 1.29 is 26.3 Å². The normalized spacial score (nSPS) is 11.0. The third-order valence-electron chi connectivity index (χ3n) is 2.68. The Labute approximate surface area is 115 Å². The summed E-state index contributed by atoms with van der Waals surface area (Å²) in [4.78, 5) is 0. The van der Waals surface area contributed by atoms with E-state index in [-0.39, 0.29) is 11.8 Å². The topological polar surface area (TPSA) is 38.0 Å². The van der Waals surface area contributed by atoms with Gasteiger partial charge < -0.3 is 11.1 Å². The van der Waals surface area contributed by atoms with Crippen LogP contribution in [0.2, 0.25) is 0 Å². The van der Waals surface area contributed by atoms with Crippen LogP contribution in [0.4, 0.5) is 43.4 Å². The van der Waals surface area contributed by atoms with Crippen molar-refractivity contribution in [1.82, 2.24) is 0 Å². The lowest BCUT2D eigenvalue weighted by atomic mass is 10.1. The summed E-state index contributed by atoms with van der Waals surface area (Å²) < 4.78 is 78.8. The molecule has 0 unspecified atom stereocenters. The fourth-order valence-corrected chi connectivity index (χ4v) is 1.69. The number of halogens is 6. The van der Waals surface area contributed by atoms with Gasteiger partial charge in [-0.05, 0) is 18.2 Å². The summed E-state index contributed by atoms with van der Waals surface area (Å²) in [7, 11) is 0. The minimum Gasteiger partial charge on any atom is -0.399 e. The first kappa shape index (κ1) is 15.0. The molecule has 0 bridgehead atoms. The van der Waals surface area contributed by atoms with Crippen molar-refractivity contribution >= 4 is 17.1 Å². The van der Waals surface area contributed by atoms with Gasteiger partial charge in [0.25, 0.3) is 6.43 Å². The lowest BCUT2D eigenvalue weighted by Crippen LogP contribution is -2.05. The van der Waals surface area contributed by atoms with E-state index in [1.807, 2.05) is 5.32 Å². The molecule has 0 saturated carbocycles. The van der Waals surface area contributed by atoms with E-state index in [2.05, 4.69) is 0 Å². The number of hydrogen-bond acceptors (Lipinski definition) is 2. The summed E-state index contributed by atoms with van der Waals surface area (Å²) in [6, 6.07) is 3.13. The molecule has 0 atom stereocenters. The van der Waals surface area contributed by atoms with Crippen molar-refractivity contribution in [3.8, 4) is 0 Å². The third kappa shape index (κ3) is 2.88. The first-order chi connectivity index (χ1) is 9.81. The van der Waals surface area contributed by atoms with Crippen molar-refractivity contribution in [2.24, 2.45) is 0 Å². The van der Waals surface area contributed by atoms with E-state index >= 15 is 0 Å². The molecule has 21 heavy (non-hydrogen) atoms. The van der Waals surface area contributed by atoms with E-state index in [1.165, 1.54) is 6.07 Å². The Balaban J connectivity index is 2.53. The van der Waals surface area contributed by atoms with Gasteiger partial charge in [-0.2, -0.15) is 0 Å². The van der Waals surface area contributed by atoms with Gasteiger partial charge >= 0.3 is 0 Å². The molecule has 0 aromatic heterocycles. The second kappa shape index (κ2) is 5.55. The monoisotopic (exact) mass is 306 g/mol. The van der Waals surface area contributed by atoms with Gasteiger partial charge in [-0.25, -0.2) is 26.3 Å². The lowest BCUT2D eigenvalue weighted by Gasteiger charge is -2.14. The molecule has 2 aromatic rings. The minimum atomic E-state index is -3.00. The molecule has 0 spiro atoms. The van der Waals surface area contributed by atoms with Gasteiger partial charge in [-0.3, -0.25) is 0 Å². The van der Waals surface area contributed by atoms with Crippen molar-refractivity contribution in [1.29, 1.82) is 0 Å². The summed E-state index contributed by atoms with van der Waals surface area (Å²) >= 11 is 0. The number of nitrogen functional groups attached to an aromatic ring is 1. The zero-order chi connectivity index (χ0) is 15.7. The van der Waals surface area contributed by atoms with Crippen LogP contribution in [0.3, 0.4) is 0 Å². The molecule has 0 aliphatic carbocycles. The molecule has 0 aliphatic heterocycles. The summed E-state index contributed by atoms with van der Waals surface area (Å²) in [5.41, 5.74) is 3.08. The maximum absolute atomic E-state index is 13.5. The number of nitrogens with two attached hydrogens (primary N) is 1. The molecule has 0 aliphatic rings. The molecule has 8 heteroatoms. The SMILES string of the molecule is Nc1ccc(Nc2c(F)c(F)cc(F)c2F)c(C(F)F)c1. The summed E-state index contributed by atoms with van der Waals surface area (Å²) in [6.07, 6.45) is -3.00. The van der Waals surface area contributed by atoms with Crippen LogP contribution in [-0.4, -0.2) is 0 Å². The Bertz CT molecular complexity index is 661. The molecule has 3 N–H and O–H groups in total. The van der Waals surface area contributed by atoms with Gasteiger partial charge in [0.05, 0.1) is 0 Å². The molecule has 0 fully saturated rings. The molecule has 0 heterocycles. The average Bonchev–Trinajstić information content (AvgIpc) is 2.42. The Kier molecular flexibility index (Phi) is 3.97. The number of rotatable bonds is 3. The van der Waals surface area contributed by atoms with Gasteiger partial charge in [0, 0.05) is 23.0 Å². The van der Waals surface area contributed by atoms with Gasteiger partial charge in [0.1, 0.15) is 5.69 Å². The number of benzene rings is 2. The maximum Gasteiger partial charge on any atom is 0.265 e. The second-order valence-corrected chi connectivity index (χ2v) is 4.12. The first-order valence-corrected chi connectivity index (χ1v) is 5.59. The van der Waals surface area contributed by atoms with Crippen LogP contribution in [0, 0.1) is 23.3 Å². The van der Waals surface area contributed by atoms with Crippen LogP contribution in [-0.2, 0) is 0 Å². The van der Waals surface area contributed by atoms with Crippen molar-refractivity contribution in [3.63, 3.8) is 0 Å². The van der Waals surface area contributed by atoms with E-state index in [1.54, 1.807) is 0 Å². The molecule has 2 aromatic carbocycles. The second-order valence-electron chi connectivity index (χ2n) is 4.12. The van der Waals surface area contributed by atoms with Crippen molar-refractivity contribution in [2.75, 3.05) is 11.1 Å². The molecular formula is C13H8F6N2. The van der Waals surface area contributed by atoms with Crippen molar-refractivity contribution in [2.45, 2.75) is 6.43 Å². The highest BCUT2D eigenvalue weighted by Gasteiger charge is 2.21. The molecule has 0 amide bonds. The Hall–Kier alpha value is -2.38. The average molecular weight is 306 g/mol. The quantitative estimate of drug-likeness (QED) is 0.497. The summed E-state index contributed by atoms with van der Waals surface area (Å²) in [6.45, 7) is 0. The Morgan fingerprint density at radius 1 is 0.905 bits per heavy atom. The van der Waals surface area contributed by atoms with E-state index < -0.39 is 46.6 Å². The highest BCUT2D eigenvalue weighted by atomic mass is 19.3. The highest BCUT2D eigenvalue weighted by Crippen LogP contribution is 2.33. The lowest BCUT2D eigenvalue weighted by molar-refractivity contribution is 0.152. The van der Waals surface area contributed by atoms with E-state index in [0.717, 1.165) is 12.1 Å². The van der Waals surface area contributed by atoms with Gasteiger partial charge in [0.2, 0.25) is 0 Å². The maximum atomic E-state index is 13.5. The van der Waals surface area contributed by atoms with Crippen LogP contribution >= 0.6 is 0 Å². The number of nitrogens with one attached hydrogen (secondary N) is 1. The molecule has 112 valence electrons. The molecule has 0 saturated heterocycles. The van der Waals surface area contributed by atoms with Crippen LogP contribution in [0.5, 0.6) is 0 Å². The smallest absolute Gasteiger partial charge is 0.265 e. The zero-order valence-corrected chi connectivity index (χ0v) is 10.2. The Morgan fingerprint density at radius 2 is 1.48 bits per heavy atom. The molecule has 2 nitrogen and oxygen atoms in total. The summed E-state index contributed by atoms with van der Waals surface area (Å²) in [5, 5.41) is 1.93. The fraction of sp³-hybridized carbons (Fsp3) is 0.0769. The largest absolute Gasteiger partial charge is 0.399 e. The van der Waals surface area contributed by atoms with Crippen LogP contribution < -0.4 is 11.1 Å². The number of anilines is 3. The van der Waals surface area contributed by atoms with Gasteiger partial charge in [-0.15, -0.1) is 0 Å². The van der Waals surface area contributed by atoms with Crippen molar-refractivity contribution in [3.05, 3.63) is 53.1 Å². The summed E-state index contributed by atoms with van der Waals surface area (Å²) in [5.74, 6) is -6.73. The van der Waals surface area contributed by atoms with Crippen LogP contribution in [0.15, 0.2) is 24.3 Å². The number of hydrogen-bond donors (Lipinski definition) is 2.